The minimum absolute atomic E-state index is 0.00632. The third kappa shape index (κ3) is 3.75. The maximum atomic E-state index is 12.7. The molecule has 2 unspecified atom stereocenters. The van der Waals surface area contributed by atoms with E-state index >= 15 is 0 Å². The summed E-state index contributed by atoms with van der Waals surface area (Å²) in [7, 11) is 0. The molecule has 1 fully saturated rings. The largest absolute Gasteiger partial charge is 0.507 e. The van der Waals surface area contributed by atoms with E-state index in [-0.39, 0.29) is 17.9 Å². The summed E-state index contributed by atoms with van der Waals surface area (Å²) >= 11 is 5.96. The fourth-order valence-electron chi connectivity index (χ4n) is 3.21. The van der Waals surface area contributed by atoms with E-state index in [1.807, 2.05) is 19.1 Å². The zero-order chi connectivity index (χ0) is 19.7. The number of nitrogens with zero attached hydrogens (tertiary/aromatic N) is 1. The number of benzene rings is 2. The Bertz CT molecular complexity index is 901. The van der Waals surface area contributed by atoms with Crippen molar-refractivity contribution >= 4 is 29.1 Å². The Morgan fingerprint density at radius 3 is 2.26 bits per heavy atom. The predicted molar refractivity (Wildman–Crippen MR) is 103 cm³/mol. The van der Waals surface area contributed by atoms with Gasteiger partial charge in [-0.05, 0) is 31.5 Å². The predicted octanol–water partition coefficient (Wildman–Crippen LogP) is 3.45. The highest BCUT2D eigenvalue weighted by atomic mass is 35.5. The fourth-order valence-corrected chi connectivity index (χ4v) is 3.34. The molecule has 1 heterocycles. The van der Waals surface area contributed by atoms with E-state index in [1.54, 1.807) is 36.4 Å². The molecule has 27 heavy (non-hydrogen) atoms. The van der Waals surface area contributed by atoms with Crippen LogP contribution in [0.4, 0.5) is 0 Å². The van der Waals surface area contributed by atoms with E-state index in [2.05, 4.69) is 0 Å². The molecule has 2 atom stereocenters. The minimum Gasteiger partial charge on any atom is -0.507 e. The van der Waals surface area contributed by atoms with Crippen molar-refractivity contribution in [2.24, 2.45) is 0 Å². The second kappa shape index (κ2) is 7.55. The first-order valence-corrected chi connectivity index (χ1v) is 8.96. The van der Waals surface area contributed by atoms with Gasteiger partial charge in [0.15, 0.2) is 0 Å². The number of rotatable bonds is 4. The van der Waals surface area contributed by atoms with Crippen LogP contribution in [0.1, 0.15) is 29.7 Å². The normalized spacial score (nSPS) is 20.1. The average molecular weight is 386 g/mol. The van der Waals surface area contributed by atoms with Crippen LogP contribution >= 0.6 is 11.6 Å². The van der Waals surface area contributed by atoms with Crippen molar-refractivity contribution in [3.8, 4) is 0 Å². The van der Waals surface area contributed by atoms with Crippen molar-refractivity contribution in [2.45, 2.75) is 26.0 Å². The zero-order valence-electron chi connectivity index (χ0n) is 15.0. The summed E-state index contributed by atoms with van der Waals surface area (Å²) in [5, 5.41) is 21.1. The number of aliphatic hydroxyl groups is 2. The second-order valence-electron chi connectivity index (χ2n) is 6.72. The lowest BCUT2D eigenvalue weighted by atomic mass is 9.95. The molecule has 1 amide bonds. The van der Waals surface area contributed by atoms with E-state index < -0.39 is 23.8 Å². The Kier molecular flexibility index (Phi) is 5.35. The Labute approximate surface area is 162 Å². The molecule has 1 aliphatic rings. The number of carbonyl (C=O) groups excluding carboxylic acids is 2. The van der Waals surface area contributed by atoms with Gasteiger partial charge in [0, 0.05) is 17.1 Å². The fraction of sp³-hybridized carbons (Fsp3) is 0.238. The SMILES string of the molecule is Cc1ccc(/C(O)=C2\C(=O)C(=O)N(CC(C)O)C2c2ccc(Cl)cc2)cc1. The van der Waals surface area contributed by atoms with Crippen LogP contribution < -0.4 is 0 Å². The third-order valence-electron chi connectivity index (χ3n) is 4.51. The Balaban J connectivity index is 2.17. The lowest BCUT2D eigenvalue weighted by Gasteiger charge is -2.26. The highest BCUT2D eigenvalue weighted by Crippen LogP contribution is 2.39. The van der Waals surface area contributed by atoms with Gasteiger partial charge in [-0.25, -0.2) is 0 Å². The number of aliphatic hydroxyl groups excluding tert-OH is 2. The number of hydrogen-bond acceptors (Lipinski definition) is 4. The molecule has 2 aromatic carbocycles. The van der Waals surface area contributed by atoms with Gasteiger partial charge in [0.1, 0.15) is 5.76 Å². The van der Waals surface area contributed by atoms with Crippen LogP contribution in [0.25, 0.3) is 5.76 Å². The number of halogens is 1. The number of hydrogen-bond donors (Lipinski definition) is 2. The monoisotopic (exact) mass is 385 g/mol. The maximum absolute atomic E-state index is 12.7. The van der Waals surface area contributed by atoms with Crippen molar-refractivity contribution in [1.82, 2.24) is 4.90 Å². The summed E-state index contributed by atoms with van der Waals surface area (Å²) < 4.78 is 0. The highest BCUT2D eigenvalue weighted by molar-refractivity contribution is 6.46. The van der Waals surface area contributed by atoms with Crippen LogP contribution in [-0.4, -0.2) is 39.5 Å². The van der Waals surface area contributed by atoms with Crippen molar-refractivity contribution < 1.29 is 19.8 Å². The zero-order valence-corrected chi connectivity index (χ0v) is 15.8. The lowest BCUT2D eigenvalue weighted by molar-refractivity contribution is -0.140. The average Bonchev–Trinajstić information content (AvgIpc) is 2.87. The van der Waals surface area contributed by atoms with Gasteiger partial charge in [-0.2, -0.15) is 0 Å². The number of amides is 1. The first-order valence-electron chi connectivity index (χ1n) is 8.58. The van der Waals surface area contributed by atoms with E-state index in [4.69, 9.17) is 11.6 Å². The van der Waals surface area contributed by atoms with Gasteiger partial charge < -0.3 is 15.1 Å². The van der Waals surface area contributed by atoms with Gasteiger partial charge in [-0.3, -0.25) is 9.59 Å². The third-order valence-corrected chi connectivity index (χ3v) is 4.76. The van der Waals surface area contributed by atoms with E-state index in [0.29, 0.717) is 16.1 Å². The number of likely N-dealkylation sites (tertiary alicyclic amines) is 1. The van der Waals surface area contributed by atoms with Crippen LogP contribution in [-0.2, 0) is 9.59 Å². The van der Waals surface area contributed by atoms with Gasteiger partial charge in [-0.15, -0.1) is 0 Å². The molecule has 2 N–H and O–H groups in total. The quantitative estimate of drug-likeness (QED) is 0.480. The van der Waals surface area contributed by atoms with E-state index in [0.717, 1.165) is 5.56 Å². The van der Waals surface area contributed by atoms with Crippen LogP contribution in [0.5, 0.6) is 0 Å². The molecule has 0 spiro atoms. The maximum Gasteiger partial charge on any atom is 0.295 e. The van der Waals surface area contributed by atoms with Gasteiger partial charge >= 0.3 is 0 Å². The number of aryl methyl sites for hydroxylation is 1. The standard InChI is InChI=1S/C21H20ClNO4/c1-12-3-5-15(6-4-12)19(25)17-18(14-7-9-16(22)10-8-14)23(11-13(2)24)21(27)20(17)26/h3-10,13,18,24-25H,11H2,1-2H3/b19-17+. The molecule has 0 aromatic heterocycles. The Morgan fingerprint density at radius 1 is 1.11 bits per heavy atom. The van der Waals surface area contributed by atoms with Crippen molar-refractivity contribution in [2.75, 3.05) is 6.54 Å². The second-order valence-corrected chi connectivity index (χ2v) is 7.15. The van der Waals surface area contributed by atoms with E-state index in [1.165, 1.54) is 11.8 Å². The van der Waals surface area contributed by atoms with Crippen molar-refractivity contribution in [3.05, 3.63) is 75.8 Å². The van der Waals surface area contributed by atoms with Gasteiger partial charge in [0.25, 0.3) is 11.7 Å². The molecule has 0 bridgehead atoms. The first kappa shape index (κ1) is 19.1. The molecule has 0 saturated carbocycles. The minimum atomic E-state index is -0.822. The van der Waals surface area contributed by atoms with Crippen LogP contribution in [0.3, 0.4) is 0 Å². The van der Waals surface area contributed by atoms with Crippen molar-refractivity contribution in [1.29, 1.82) is 0 Å². The molecule has 2 aromatic rings. The highest BCUT2D eigenvalue weighted by Gasteiger charge is 2.46. The van der Waals surface area contributed by atoms with Crippen molar-refractivity contribution in [3.63, 3.8) is 0 Å². The molecule has 140 valence electrons. The summed E-state index contributed by atoms with van der Waals surface area (Å²) in [4.78, 5) is 26.6. The molecule has 0 aliphatic carbocycles. The molecule has 0 radical (unpaired) electrons. The first-order chi connectivity index (χ1) is 12.8. The summed E-state index contributed by atoms with van der Waals surface area (Å²) in [6, 6.07) is 13.0. The molecule has 3 rings (SSSR count). The number of β-amino-alcohol motifs (C(OH)–C–C–N with tert-alkyl or cyclic N) is 1. The molecule has 6 heteroatoms. The lowest BCUT2D eigenvalue weighted by Crippen LogP contribution is -2.35. The van der Waals surface area contributed by atoms with E-state index in [9.17, 15) is 19.8 Å². The Morgan fingerprint density at radius 2 is 1.70 bits per heavy atom. The molecule has 1 saturated heterocycles. The Hall–Kier alpha value is -2.63. The number of Topliss-reactive ketones (excluding diaryl/α,β-unsaturated/α-hetero) is 1. The van der Waals surface area contributed by atoms with Crippen LogP contribution in [0, 0.1) is 6.92 Å². The summed E-state index contributed by atoms with van der Waals surface area (Å²) in [6.07, 6.45) is -0.822. The molecule has 1 aliphatic heterocycles. The number of carbonyl (C=O) groups is 2. The number of ketones is 1. The topological polar surface area (TPSA) is 77.8 Å². The van der Waals surface area contributed by atoms with Gasteiger partial charge in [-0.1, -0.05) is 53.6 Å². The van der Waals surface area contributed by atoms with Crippen LogP contribution in [0.15, 0.2) is 54.1 Å². The molecular formula is C21H20ClNO4. The molecule has 5 nitrogen and oxygen atoms in total. The summed E-state index contributed by atoms with van der Waals surface area (Å²) in [6.45, 7) is 3.43. The van der Waals surface area contributed by atoms with Gasteiger partial charge in [0.2, 0.25) is 0 Å². The summed E-state index contributed by atoms with van der Waals surface area (Å²) in [5.41, 5.74) is 2.10. The van der Waals surface area contributed by atoms with Crippen LogP contribution in [0.2, 0.25) is 5.02 Å². The van der Waals surface area contributed by atoms with Gasteiger partial charge in [0.05, 0.1) is 17.7 Å². The smallest absolute Gasteiger partial charge is 0.295 e. The summed E-state index contributed by atoms with van der Waals surface area (Å²) in [5.74, 6) is -1.75. The molecular weight excluding hydrogens is 366 g/mol.